The number of urea groups is 1. The smallest absolute Gasteiger partial charge is 0.318 e. The molecule has 2 bridgehead atoms. The number of rotatable bonds is 3. The maximum atomic E-state index is 13.1. The SMILES string of the molecule is O=C1NCC(c2cccc(Cl)c2)(C2CC3CCC(C2)O3)N1C1CCNCC1. The van der Waals surface area contributed by atoms with Crippen LogP contribution in [-0.4, -0.2) is 48.8 Å². The minimum Gasteiger partial charge on any atom is -0.375 e. The third-order valence-corrected chi connectivity index (χ3v) is 7.36. The van der Waals surface area contributed by atoms with E-state index in [4.69, 9.17) is 16.3 Å². The first kappa shape index (κ1) is 17.8. The number of hydrogen-bond donors (Lipinski definition) is 2. The maximum Gasteiger partial charge on any atom is 0.318 e. The Kier molecular flexibility index (Phi) is 4.57. The monoisotopic (exact) mass is 389 g/mol. The number of benzene rings is 1. The highest BCUT2D eigenvalue weighted by molar-refractivity contribution is 6.30. The molecule has 4 fully saturated rings. The van der Waals surface area contributed by atoms with Crippen LogP contribution in [0, 0.1) is 5.92 Å². The van der Waals surface area contributed by atoms with Crippen LogP contribution in [0.2, 0.25) is 5.02 Å². The van der Waals surface area contributed by atoms with Gasteiger partial charge in [-0.25, -0.2) is 4.79 Å². The first-order valence-corrected chi connectivity index (χ1v) is 10.7. The average molecular weight is 390 g/mol. The van der Waals surface area contributed by atoms with E-state index < -0.39 is 0 Å². The van der Waals surface area contributed by atoms with Crippen molar-refractivity contribution < 1.29 is 9.53 Å². The minimum absolute atomic E-state index is 0.0840. The molecule has 0 saturated carbocycles. The fourth-order valence-electron chi connectivity index (χ4n) is 5.94. The number of nitrogens with zero attached hydrogens (tertiary/aromatic N) is 1. The number of carbonyl (C=O) groups is 1. The highest BCUT2D eigenvalue weighted by Crippen LogP contribution is 2.50. The topological polar surface area (TPSA) is 53.6 Å². The molecule has 4 aliphatic rings. The first-order valence-electron chi connectivity index (χ1n) is 10.4. The summed E-state index contributed by atoms with van der Waals surface area (Å²) in [6.07, 6.45) is 7.06. The number of hydrogen-bond acceptors (Lipinski definition) is 3. The molecule has 27 heavy (non-hydrogen) atoms. The number of nitrogens with one attached hydrogen (secondary N) is 2. The zero-order chi connectivity index (χ0) is 18.4. The van der Waals surface area contributed by atoms with E-state index in [1.807, 2.05) is 12.1 Å². The molecule has 1 aromatic carbocycles. The Morgan fingerprint density at radius 2 is 1.85 bits per heavy atom. The van der Waals surface area contributed by atoms with Crippen molar-refractivity contribution in [3.8, 4) is 0 Å². The third-order valence-electron chi connectivity index (χ3n) is 7.12. The lowest BCUT2D eigenvalue weighted by atomic mass is 9.71. The normalized spacial score (nSPS) is 36.9. The van der Waals surface area contributed by atoms with Gasteiger partial charge >= 0.3 is 6.03 Å². The van der Waals surface area contributed by atoms with Gasteiger partial charge in [0, 0.05) is 17.6 Å². The zero-order valence-corrected chi connectivity index (χ0v) is 16.4. The number of carbonyl (C=O) groups excluding carboxylic acids is 1. The van der Waals surface area contributed by atoms with Gasteiger partial charge in [-0.15, -0.1) is 0 Å². The summed E-state index contributed by atoms with van der Waals surface area (Å²) in [5.74, 6) is 0.399. The molecule has 5 rings (SSSR count). The van der Waals surface area contributed by atoms with Crippen LogP contribution in [0.15, 0.2) is 24.3 Å². The molecule has 0 spiro atoms. The molecule has 3 unspecified atom stereocenters. The van der Waals surface area contributed by atoms with Crippen molar-refractivity contribution in [3.63, 3.8) is 0 Å². The molecule has 6 heteroatoms. The van der Waals surface area contributed by atoms with Gasteiger partial charge in [-0.05, 0) is 75.2 Å². The molecule has 4 heterocycles. The molecular weight excluding hydrogens is 362 g/mol. The summed E-state index contributed by atoms with van der Waals surface area (Å²) in [4.78, 5) is 15.3. The summed E-state index contributed by atoms with van der Waals surface area (Å²) < 4.78 is 6.14. The van der Waals surface area contributed by atoms with Crippen molar-refractivity contribution >= 4 is 17.6 Å². The Balaban J connectivity index is 1.60. The summed E-state index contributed by atoms with van der Waals surface area (Å²) in [5.41, 5.74) is 0.854. The van der Waals surface area contributed by atoms with E-state index in [1.54, 1.807) is 0 Å². The molecular formula is C21H28ClN3O2. The second kappa shape index (κ2) is 6.94. The standard InChI is InChI=1S/C21H28ClN3O2/c22-16-3-1-2-14(10-16)21(15-11-18-4-5-19(12-15)27-18)13-24-20(26)25(21)17-6-8-23-9-7-17/h1-3,10,15,17-19,23H,4-9,11-13H2,(H,24,26). The van der Waals surface area contributed by atoms with Gasteiger partial charge in [0.15, 0.2) is 0 Å². The summed E-state index contributed by atoms with van der Waals surface area (Å²) in [6.45, 7) is 2.61. The van der Waals surface area contributed by atoms with Gasteiger partial charge in [-0.3, -0.25) is 0 Å². The van der Waals surface area contributed by atoms with Gasteiger partial charge in [0.1, 0.15) is 0 Å². The lowest BCUT2D eigenvalue weighted by Crippen LogP contribution is -2.58. The Morgan fingerprint density at radius 3 is 2.56 bits per heavy atom. The van der Waals surface area contributed by atoms with Crippen molar-refractivity contribution in [2.45, 2.75) is 62.3 Å². The van der Waals surface area contributed by atoms with Crippen molar-refractivity contribution in [3.05, 3.63) is 34.9 Å². The summed E-state index contributed by atoms with van der Waals surface area (Å²) in [7, 11) is 0. The fraction of sp³-hybridized carbons (Fsp3) is 0.667. The highest BCUT2D eigenvalue weighted by atomic mass is 35.5. The van der Waals surface area contributed by atoms with Gasteiger partial charge < -0.3 is 20.3 Å². The quantitative estimate of drug-likeness (QED) is 0.834. The molecule has 4 aliphatic heterocycles. The van der Waals surface area contributed by atoms with Gasteiger partial charge in [-0.1, -0.05) is 23.7 Å². The molecule has 3 atom stereocenters. The van der Waals surface area contributed by atoms with Crippen LogP contribution in [0.25, 0.3) is 0 Å². The van der Waals surface area contributed by atoms with E-state index in [-0.39, 0.29) is 17.6 Å². The molecule has 146 valence electrons. The summed E-state index contributed by atoms with van der Waals surface area (Å²) in [6, 6.07) is 8.54. The lowest BCUT2D eigenvalue weighted by Gasteiger charge is -2.50. The van der Waals surface area contributed by atoms with Crippen molar-refractivity contribution in [2.75, 3.05) is 19.6 Å². The Hall–Kier alpha value is -1.30. The Morgan fingerprint density at radius 1 is 1.11 bits per heavy atom. The molecule has 2 amide bonds. The third kappa shape index (κ3) is 2.95. The van der Waals surface area contributed by atoms with E-state index in [9.17, 15) is 4.79 Å². The van der Waals surface area contributed by atoms with Crippen LogP contribution in [0.5, 0.6) is 0 Å². The second-order valence-corrected chi connectivity index (χ2v) is 9.01. The van der Waals surface area contributed by atoms with Gasteiger partial charge in [0.25, 0.3) is 0 Å². The van der Waals surface area contributed by atoms with E-state index in [0.717, 1.165) is 56.6 Å². The largest absolute Gasteiger partial charge is 0.375 e. The summed E-state index contributed by atoms with van der Waals surface area (Å²) >= 11 is 6.41. The van der Waals surface area contributed by atoms with Crippen molar-refractivity contribution in [2.24, 2.45) is 5.92 Å². The zero-order valence-electron chi connectivity index (χ0n) is 15.6. The average Bonchev–Trinajstić information content (AvgIpc) is 3.22. The van der Waals surface area contributed by atoms with Crippen LogP contribution in [0.1, 0.15) is 44.1 Å². The van der Waals surface area contributed by atoms with Gasteiger partial charge in [-0.2, -0.15) is 0 Å². The van der Waals surface area contributed by atoms with Crippen LogP contribution >= 0.6 is 11.6 Å². The van der Waals surface area contributed by atoms with E-state index in [0.29, 0.717) is 24.7 Å². The predicted molar refractivity (Wildman–Crippen MR) is 105 cm³/mol. The van der Waals surface area contributed by atoms with Crippen LogP contribution < -0.4 is 10.6 Å². The van der Waals surface area contributed by atoms with E-state index >= 15 is 0 Å². The lowest BCUT2D eigenvalue weighted by molar-refractivity contribution is -0.0653. The Labute approximate surface area is 165 Å². The molecule has 0 aromatic heterocycles. The molecule has 2 N–H and O–H groups in total. The molecule has 5 nitrogen and oxygen atoms in total. The number of amides is 2. The number of ether oxygens (including phenoxy) is 1. The number of halogens is 1. The van der Waals surface area contributed by atoms with Crippen molar-refractivity contribution in [1.29, 1.82) is 0 Å². The fourth-order valence-corrected chi connectivity index (χ4v) is 6.13. The van der Waals surface area contributed by atoms with Crippen LogP contribution in [0.3, 0.4) is 0 Å². The van der Waals surface area contributed by atoms with E-state index in [1.165, 1.54) is 5.56 Å². The Bertz CT molecular complexity index is 711. The predicted octanol–water partition coefficient (Wildman–Crippen LogP) is 3.27. The highest BCUT2D eigenvalue weighted by Gasteiger charge is 2.56. The minimum atomic E-state index is -0.325. The van der Waals surface area contributed by atoms with Crippen molar-refractivity contribution in [1.82, 2.24) is 15.5 Å². The maximum absolute atomic E-state index is 13.1. The number of piperidine rings is 1. The molecule has 1 aromatic rings. The van der Waals surface area contributed by atoms with Gasteiger partial charge in [0.2, 0.25) is 0 Å². The second-order valence-electron chi connectivity index (χ2n) is 8.57. The van der Waals surface area contributed by atoms with Crippen LogP contribution in [0.4, 0.5) is 4.79 Å². The van der Waals surface area contributed by atoms with Gasteiger partial charge in [0.05, 0.1) is 17.7 Å². The summed E-state index contributed by atoms with van der Waals surface area (Å²) in [5, 5.41) is 7.38. The first-order chi connectivity index (χ1) is 13.2. The molecule has 0 aliphatic carbocycles. The molecule has 0 radical (unpaired) electrons. The number of fused-ring (bicyclic) bond motifs is 2. The van der Waals surface area contributed by atoms with Crippen LogP contribution in [-0.2, 0) is 10.3 Å². The van der Waals surface area contributed by atoms with E-state index in [2.05, 4.69) is 27.7 Å². The molecule has 4 saturated heterocycles.